The van der Waals surface area contributed by atoms with Gasteiger partial charge in [0.15, 0.2) is 5.69 Å². The van der Waals surface area contributed by atoms with Crippen molar-refractivity contribution in [2.24, 2.45) is 5.73 Å². The maximum absolute atomic E-state index is 12.0. The summed E-state index contributed by atoms with van der Waals surface area (Å²) in [6.07, 6.45) is 1.64. The number of carbonyl (C=O) groups is 1. The number of primary amides is 1. The molecule has 0 spiro atoms. The molecular formula is C12H9N3O3S. The molecule has 1 amide bonds. The Kier molecular flexibility index (Phi) is 2.68. The summed E-state index contributed by atoms with van der Waals surface area (Å²) in [6.45, 7) is 0. The molecule has 0 saturated heterocycles. The van der Waals surface area contributed by atoms with Crippen LogP contribution in [0.4, 0.5) is 5.69 Å². The number of hydrogen-bond acceptors (Lipinski definition) is 6. The number of nitrogens with zero attached hydrogens (tertiary/aromatic N) is 1. The maximum atomic E-state index is 12.0. The predicted molar refractivity (Wildman–Crippen MR) is 73.3 cm³/mol. The van der Waals surface area contributed by atoms with Crippen LogP contribution in [-0.2, 0) is 0 Å². The zero-order valence-corrected chi connectivity index (χ0v) is 10.4. The summed E-state index contributed by atoms with van der Waals surface area (Å²) in [4.78, 5) is 23.8. The average Bonchev–Trinajstić information content (AvgIpc) is 2.90. The Hall–Kier alpha value is -2.41. The molecule has 3 rings (SSSR count). The van der Waals surface area contributed by atoms with Gasteiger partial charge in [-0.25, -0.2) is 9.21 Å². The topological polar surface area (TPSA) is 88.6 Å². The van der Waals surface area contributed by atoms with Crippen LogP contribution in [0.25, 0.3) is 11.0 Å². The third kappa shape index (κ3) is 1.84. The third-order valence-corrected chi connectivity index (χ3v) is 3.42. The van der Waals surface area contributed by atoms with Gasteiger partial charge in [0.05, 0.1) is 5.56 Å². The number of hydrogen-bond donors (Lipinski definition) is 2. The smallest absolute Gasteiger partial charge is 0.363 e. The molecule has 1 aromatic carbocycles. The minimum absolute atomic E-state index is 0.0983. The monoisotopic (exact) mass is 275 g/mol. The summed E-state index contributed by atoms with van der Waals surface area (Å²) >= 11 is 1.22. The second-order valence-electron chi connectivity index (χ2n) is 3.81. The number of nitrogens with one attached hydrogen (secondary N) is 1. The zero-order valence-electron chi connectivity index (χ0n) is 9.62. The van der Waals surface area contributed by atoms with Crippen LogP contribution in [-0.4, -0.2) is 5.91 Å². The SMILES string of the molecule is NC(=O)c1c(N2NC=CS2)c(=O)oc2ccccc12. The first-order valence-corrected chi connectivity index (χ1v) is 6.26. The summed E-state index contributed by atoms with van der Waals surface area (Å²) in [5.41, 5.74) is 8.20. The van der Waals surface area contributed by atoms with E-state index in [4.69, 9.17) is 10.2 Å². The summed E-state index contributed by atoms with van der Waals surface area (Å²) in [7, 11) is 0. The number of para-hydroxylation sites is 1. The minimum atomic E-state index is -0.673. The van der Waals surface area contributed by atoms with Gasteiger partial charge in [0.2, 0.25) is 0 Å². The highest BCUT2D eigenvalue weighted by Gasteiger charge is 2.24. The Balaban J connectivity index is 2.36. The summed E-state index contributed by atoms with van der Waals surface area (Å²) < 4.78 is 6.65. The van der Waals surface area contributed by atoms with E-state index in [1.54, 1.807) is 35.9 Å². The fourth-order valence-corrected chi connectivity index (χ4v) is 2.55. The highest BCUT2D eigenvalue weighted by molar-refractivity contribution is 8.03. The molecule has 0 aliphatic carbocycles. The van der Waals surface area contributed by atoms with Crippen molar-refractivity contribution in [3.05, 3.63) is 51.9 Å². The standard InChI is InChI=1S/C12H9N3O3S/c13-11(16)9-7-3-1-2-4-8(7)18-12(17)10(9)15-14-5-6-19-15/h1-6,14H,(H2,13,16). The van der Waals surface area contributed by atoms with E-state index in [1.165, 1.54) is 16.4 Å². The second-order valence-corrected chi connectivity index (χ2v) is 4.65. The highest BCUT2D eigenvalue weighted by atomic mass is 32.2. The largest absolute Gasteiger partial charge is 0.421 e. The molecule has 1 aliphatic rings. The predicted octanol–water partition coefficient (Wildman–Crippen LogP) is 1.34. The van der Waals surface area contributed by atoms with Crippen LogP contribution in [0, 0.1) is 0 Å². The van der Waals surface area contributed by atoms with Crippen LogP contribution in [0.5, 0.6) is 0 Å². The van der Waals surface area contributed by atoms with Crippen molar-refractivity contribution >= 4 is 34.5 Å². The van der Waals surface area contributed by atoms with Gasteiger partial charge in [-0.05, 0) is 6.07 Å². The molecule has 2 heterocycles. The van der Waals surface area contributed by atoms with Gasteiger partial charge in [-0.15, -0.1) is 0 Å². The number of anilines is 1. The van der Waals surface area contributed by atoms with E-state index in [-0.39, 0.29) is 11.3 Å². The number of amides is 1. The summed E-state index contributed by atoms with van der Waals surface area (Å²) in [6, 6.07) is 6.78. The maximum Gasteiger partial charge on any atom is 0.363 e. The van der Waals surface area contributed by atoms with Gasteiger partial charge in [0, 0.05) is 28.9 Å². The van der Waals surface area contributed by atoms with Crippen molar-refractivity contribution in [3.63, 3.8) is 0 Å². The highest BCUT2D eigenvalue weighted by Crippen LogP contribution is 2.29. The summed E-state index contributed by atoms with van der Waals surface area (Å²) in [5, 5.41) is 2.25. The van der Waals surface area contributed by atoms with Crippen LogP contribution in [0.2, 0.25) is 0 Å². The summed E-state index contributed by atoms with van der Waals surface area (Å²) in [5.74, 6) is -0.673. The molecule has 0 saturated carbocycles. The Morgan fingerprint density at radius 3 is 2.84 bits per heavy atom. The molecule has 7 heteroatoms. The second kappa shape index (κ2) is 4.36. The van der Waals surface area contributed by atoms with E-state index in [0.717, 1.165) is 0 Å². The molecule has 3 N–H and O–H groups in total. The van der Waals surface area contributed by atoms with Crippen molar-refractivity contribution in [2.45, 2.75) is 0 Å². The quantitative estimate of drug-likeness (QED) is 0.635. The molecular weight excluding hydrogens is 266 g/mol. The van der Waals surface area contributed by atoms with Crippen molar-refractivity contribution in [3.8, 4) is 0 Å². The molecule has 96 valence electrons. The fourth-order valence-electron chi connectivity index (χ4n) is 1.91. The fraction of sp³-hybridized carbons (Fsp3) is 0. The van der Waals surface area contributed by atoms with Gasteiger partial charge in [0.25, 0.3) is 5.91 Å². The molecule has 1 aliphatic heterocycles. The van der Waals surface area contributed by atoms with Crippen LogP contribution in [0.1, 0.15) is 10.4 Å². The molecule has 0 unspecified atom stereocenters. The van der Waals surface area contributed by atoms with E-state index in [1.807, 2.05) is 0 Å². The van der Waals surface area contributed by atoms with Gasteiger partial charge < -0.3 is 10.2 Å². The Morgan fingerprint density at radius 1 is 1.37 bits per heavy atom. The molecule has 2 aromatic rings. The van der Waals surface area contributed by atoms with E-state index < -0.39 is 11.5 Å². The Bertz CT molecular complexity index is 745. The average molecular weight is 275 g/mol. The van der Waals surface area contributed by atoms with Gasteiger partial charge in [0.1, 0.15) is 5.58 Å². The number of hydrazine groups is 1. The van der Waals surface area contributed by atoms with Crippen LogP contribution < -0.4 is 21.2 Å². The molecule has 6 nitrogen and oxygen atoms in total. The first-order chi connectivity index (χ1) is 9.18. The van der Waals surface area contributed by atoms with E-state index in [2.05, 4.69) is 5.43 Å². The van der Waals surface area contributed by atoms with Crippen molar-refractivity contribution in [1.82, 2.24) is 5.43 Å². The number of fused-ring (bicyclic) bond motifs is 1. The Morgan fingerprint density at radius 2 is 2.16 bits per heavy atom. The van der Waals surface area contributed by atoms with Crippen LogP contribution in [0.15, 0.2) is 45.1 Å². The molecule has 0 fully saturated rings. The normalized spacial score (nSPS) is 13.8. The number of carbonyl (C=O) groups excluding carboxylic acids is 1. The lowest BCUT2D eigenvalue weighted by Gasteiger charge is -2.18. The first-order valence-electron chi connectivity index (χ1n) is 5.42. The van der Waals surface area contributed by atoms with Gasteiger partial charge in [-0.2, -0.15) is 0 Å². The van der Waals surface area contributed by atoms with Crippen LogP contribution in [0.3, 0.4) is 0 Å². The third-order valence-electron chi connectivity index (χ3n) is 2.66. The van der Waals surface area contributed by atoms with E-state index in [9.17, 15) is 9.59 Å². The molecule has 1 aromatic heterocycles. The van der Waals surface area contributed by atoms with Crippen LogP contribution >= 0.6 is 11.9 Å². The number of nitrogens with two attached hydrogens (primary N) is 1. The number of benzene rings is 1. The van der Waals surface area contributed by atoms with Crippen molar-refractivity contribution in [1.29, 1.82) is 0 Å². The Labute approximate surface area is 112 Å². The van der Waals surface area contributed by atoms with Gasteiger partial charge in [-0.1, -0.05) is 18.2 Å². The van der Waals surface area contributed by atoms with Crippen molar-refractivity contribution < 1.29 is 9.21 Å². The molecule has 0 atom stereocenters. The lowest BCUT2D eigenvalue weighted by molar-refractivity contribution is 0.100. The minimum Gasteiger partial charge on any atom is -0.421 e. The lowest BCUT2D eigenvalue weighted by atomic mass is 10.1. The van der Waals surface area contributed by atoms with E-state index >= 15 is 0 Å². The van der Waals surface area contributed by atoms with E-state index in [0.29, 0.717) is 11.0 Å². The first kappa shape index (κ1) is 11.7. The lowest BCUT2D eigenvalue weighted by Crippen LogP contribution is -2.31. The molecule has 19 heavy (non-hydrogen) atoms. The molecule has 0 radical (unpaired) electrons. The van der Waals surface area contributed by atoms with Crippen molar-refractivity contribution in [2.75, 3.05) is 4.41 Å². The van der Waals surface area contributed by atoms with Gasteiger partial charge in [-0.3, -0.25) is 10.2 Å². The number of rotatable bonds is 2. The van der Waals surface area contributed by atoms with Gasteiger partial charge >= 0.3 is 5.63 Å². The zero-order chi connectivity index (χ0) is 13.4. The molecule has 0 bridgehead atoms.